The number of nitrogens with two attached hydrogens (primary N) is 1. The van der Waals surface area contributed by atoms with Gasteiger partial charge in [0.05, 0.1) is 5.69 Å². The largest absolute Gasteiger partial charge is 0.375 e. The molecule has 4 heteroatoms. The highest BCUT2D eigenvalue weighted by molar-refractivity contribution is 7.13. The van der Waals surface area contributed by atoms with Crippen LogP contribution in [0, 0.1) is 0 Å². The third-order valence-electron chi connectivity index (χ3n) is 2.95. The molecule has 0 bridgehead atoms. The molecule has 1 aromatic rings. The van der Waals surface area contributed by atoms with E-state index in [0.29, 0.717) is 11.2 Å². The number of nitrogen functional groups attached to an aromatic ring is 1. The smallest absolute Gasteiger partial charge is 0.180 e. The maximum Gasteiger partial charge on any atom is 0.180 e. The maximum absolute atomic E-state index is 5.65. The number of thiazole rings is 1. The first kappa shape index (κ1) is 13.5. The van der Waals surface area contributed by atoms with Crippen molar-refractivity contribution >= 4 is 16.5 Å². The van der Waals surface area contributed by atoms with Crippen LogP contribution in [-0.2, 0) is 6.54 Å². The van der Waals surface area contributed by atoms with Crippen LogP contribution in [0.4, 0.5) is 5.13 Å². The van der Waals surface area contributed by atoms with Crippen molar-refractivity contribution in [2.75, 3.05) is 12.3 Å². The molecule has 0 fully saturated rings. The second kappa shape index (κ2) is 6.86. The van der Waals surface area contributed by atoms with E-state index in [4.69, 9.17) is 5.73 Å². The Morgan fingerprint density at radius 2 is 2.25 bits per heavy atom. The summed E-state index contributed by atoms with van der Waals surface area (Å²) in [6, 6.07) is 0.620. The first-order chi connectivity index (χ1) is 7.67. The summed E-state index contributed by atoms with van der Waals surface area (Å²) in [6.07, 6.45) is 3.68. The Labute approximate surface area is 103 Å². The van der Waals surface area contributed by atoms with Crippen LogP contribution in [0.5, 0.6) is 0 Å². The highest BCUT2D eigenvalue weighted by Crippen LogP contribution is 2.15. The summed E-state index contributed by atoms with van der Waals surface area (Å²) in [7, 11) is 0. The van der Waals surface area contributed by atoms with Crippen molar-refractivity contribution in [1.29, 1.82) is 0 Å². The number of rotatable bonds is 7. The highest BCUT2D eigenvalue weighted by Gasteiger charge is 2.13. The van der Waals surface area contributed by atoms with Crippen LogP contribution in [0.25, 0.3) is 0 Å². The average Bonchev–Trinajstić information content (AvgIpc) is 2.69. The number of anilines is 1. The quantitative estimate of drug-likeness (QED) is 0.797. The van der Waals surface area contributed by atoms with Gasteiger partial charge in [-0.2, -0.15) is 0 Å². The Bertz CT molecular complexity index is 298. The first-order valence-corrected chi connectivity index (χ1v) is 6.99. The molecule has 0 amide bonds. The van der Waals surface area contributed by atoms with Crippen LogP contribution in [0.15, 0.2) is 5.38 Å². The van der Waals surface area contributed by atoms with Crippen molar-refractivity contribution in [3.05, 3.63) is 11.1 Å². The molecule has 1 heterocycles. The minimum absolute atomic E-state index is 0.620. The number of hydrogen-bond acceptors (Lipinski definition) is 4. The van der Waals surface area contributed by atoms with Crippen molar-refractivity contribution in [1.82, 2.24) is 9.88 Å². The lowest BCUT2D eigenvalue weighted by atomic mass is 10.2. The standard InChI is InChI=1S/C12H23N3S/c1-4-6-7-15(10(3)5-2)8-11-9-16-12(13)14-11/h9-10H,4-8H2,1-3H3,(H2,13,14). The Morgan fingerprint density at radius 3 is 2.75 bits per heavy atom. The Morgan fingerprint density at radius 1 is 1.50 bits per heavy atom. The molecule has 0 aliphatic carbocycles. The van der Waals surface area contributed by atoms with E-state index >= 15 is 0 Å². The third-order valence-corrected chi connectivity index (χ3v) is 3.67. The summed E-state index contributed by atoms with van der Waals surface area (Å²) in [5.41, 5.74) is 6.76. The molecule has 0 aliphatic heterocycles. The van der Waals surface area contributed by atoms with Gasteiger partial charge in [0.1, 0.15) is 0 Å². The summed E-state index contributed by atoms with van der Waals surface area (Å²) >= 11 is 1.53. The van der Waals surface area contributed by atoms with Crippen LogP contribution in [-0.4, -0.2) is 22.5 Å². The summed E-state index contributed by atoms with van der Waals surface area (Å²) in [4.78, 5) is 6.83. The van der Waals surface area contributed by atoms with Gasteiger partial charge in [-0.05, 0) is 26.3 Å². The van der Waals surface area contributed by atoms with E-state index in [-0.39, 0.29) is 0 Å². The van der Waals surface area contributed by atoms with Crippen LogP contribution in [0.2, 0.25) is 0 Å². The molecule has 0 radical (unpaired) electrons. The summed E-state index contributed by atoms with van der Waals surface area (Å²) in [5.74, 6) is 0. The lowest BCUT2D eigenvalue weighted by Crippen LogP contribution is -2.33. The molecule has 16 heavy (non-hydrogen) atoms. The normalized spacial score (nSPS) is 13.2. The molecular formula is C12H23N3S. The van der Waals surface area contributed by atoms with E-state index in [1.54, 1.807) is 0 Å². The van der Waals surface area contributed by atoms with Crippen LogP contribution in [0.1, 0.15) is 45.7 Å². The van der Waals surface area contributed by atoms with Crippen molar-refractivity contribution in [2.45, 2.75) is 52.6 Å². The van der Waals surface area contributed by atoms with Gasteiger partial charge in [0.2, 0.25) is 0 Å². The molecule has 1 unspecified atom stereocenters. The predicted octanol–water partition coefficient (Wildman–Crippen LogP) is 3.13. The first-order valence-electron chi connectivity index (χ1n) is 6.11. The summed E-state index contributed by atoms with van der Waals surface area (Å²) in [5, 5.41) is 2.74. The predicted molar refractivity (Wildman–Crippen MR) is 71.6 cm³/mol. The molecule has 1 aromatic heterocycles. The fourth-order valence-electron chi connectivity index (χ4n) is 1.68. The lowest BCUT2D eigenvalue weighted by Gasteiger charge is -2.27. The van der Waals surface area contributed by atoms with E-state index in [0.717, 1.165) is 18.8 Å². The molecule has 0 aromatic carbocycles. The van der Waals surface area contributed by atoms with E-state index in [1.165, 1.54) is 30.6 Å². The van der Waals surface area contributed by atoms with E-state index in [9.17, 15) is 0 Å². The van der Waals surface area contributed by atoms with Gasteiger partial charge < -0.3 is 5.73 Å². The van der Waals surface area contributed by atoms with Gasteiger partial charge in [0.25, 0.3) is 0 Å². The second-order valence-corrected chi connectivity index (χ2v) is 5.15. The second-order valence-electron chi connectivity index (χ2n) is 4.26. The van der Waals surface area contributed by atoms with E-state index in [2.05, 4.69) is 36.0 Å². The maximum atomic E-state index is 5.65. The van der Waals surface area contributed by atoms with E-state index < -0.39 is 0 Å². The number of hydrogen-bond donors (Lipinski definition) is 1. The van der Waals surface area contributed by atoms with Crippen LogP contribution < -0.4 is 5.73 Å². The van der Waals surface area contributed by atoms with Gasteiger partial charge in [-0.1, -0.05) is 20.3 Å². The SMILES string of the molecule is CCCCN(Cc1csc(N)n1)C(C)CC. The molecule has 0 saturated carbocycles. The molecule has 92 valence electrons. The molecule has 2 N–H and O–H groups in total. The molecule has 1 rings (SSSR count). The average molecular weight is 241 g/mol. The van der Waals surface area contributed by atoms with Crippen molar-refractivity contribution in [3.8, 4) is 0 Å². The molecular weight excluding hydrogens is 218 g/mol. The zero-order valence-corrected chi connectivity index (χ0v) is 11.4. The monoisotopic (exact) mass is 241 g/mol. The minimum Gasteiger partial charge on any atom is -0.375 e. The van der Waals surface area contributed by atoms with Gasteiger partial charge in [-0.3, -0.25) is 4.90 Å². The summed E-state index contributed by atoms with van der Waals surface area (Å²) in [6.45, 7) is 8.84. The lowest BCUT2D eigenvalue weighted by molar-refractivity contribution is 0.190. The van der Waals surface area contributed by atoms with Gasteiger partial charge in [-0.15, -0.1) is 11.3 Å². The summed E-state index contributed by atoms with van der Waals surface area (Å²) < 4.78 is 0. The zero-order valence-electron chi connectivity index (χ0n) is 10.6. The van der Waals surface area contributed by atoms with Gasteiger partial charge in [0, 0.05) is 18.0 Å². The Balaban J connectivity index is 2.55. The number of aromatic nitrogens is 1. The molecule has 0 aliphatic rings. The topological polar surface area (TPSA) is 42.1 Å². The van der Waals surface area contributed by atoms with E-state index in [1.807, 2.05) is 0 Å². The van der Waals surface area contributed by atoms with Crippen LogP contribution >= 0.6 is 11.3 Å². The van der Waals surface area contributed by atoms with Crippen molar-refractivity contribution in [3.63, 3.8) is 0 Å². The third kappa shape index (κ3) is 4.10. The van der Waals surface area contributed by atoms with Gasteiger partial charge in [-0.25, -0.2) is 4.98 Å². The van der Waals surface area contributed by atoms with Crippen molar-refractivity contribution in [2.24, 2.45) is 0 Å². The Kier molecular flexibility index (Phi) is 5.77. The van der Waals surface area contributed by atoms with Crippen LogP contribution in [0.3, 0.4) is 0 Å². The van der Waals surface area contributed by atoms with Crippen molar-refractivity contribution < 1.29 is 0 Å². The number of nitrogens with zero attached hydrogens (tertiary/aromatic N) is 2. The number of unbranched alkanes of at least 4 members (excludes halogenated alkanes) is 1. The fourth-order valence-corrected chi connectivity index (χ4v) is 2.23. The van der Waals surface area contributed by atoms with Gasteiger partial charge >= 0.3 is 0 Å². The fraction of sp³-hybridized carbons (Fsp3) is 0.750. The highest BCUT2D eigenvalue weighted by atomic mass is 32.1. The molecule has 3 nitrogen and oxygen atoms in total. The molecule has 0 spiro atoms. The van der Waals surface area contributed by atoms with Gasteiger partial charge in [0.15, 0.2) is 5.13 Å². The molecule has 1 atom stereocenters. The molecule has 0 saturated heterocycles. The zero-order chi connectivity index (χ0) is 12.0. The minimum atomic E-state index is 0.620. The Hall–Kier alpha value is -0.610.